The molecule has 2 aromatic rings. The molecule has 162 valence electrons. The smallest absolute Gasteiger partial charge is 0.270 e. The fourth-order valence-corrected chi connectivity index (χ4v) is 3.94. The summed E-state index contributed by atoms with van der Waals surface area (Å²) in [5, 5.41) is 4.62. The van der Waals surface area contributed by atoms with E-state index in [4.69, 9.17) is 18.8 Å². The average Bonchev–Trinajstić information content (AvgIpc) is 2.79. The molecule has 1 aromatic carbocycles. The standard InChI is InChI=1S/C20H25N3O6S/c1-26-17-6-8-18(9-7-17)30(25)29-23-12-10-15(13-16(23)14-28-27-2)22-20(24)19-5-3-4-11-21-19/h3-9,11,15-16H,10,12-14H2,1-2H3,(H,22,24). The number of carbonyl (C=O) groups is 1. The highest BCUT2D eigenvalue weighted by Crippen LogP contribution is 2.22. The Bertz CT molecular complexity index is 836. The normalized spacial score (nSPS) is 20.5. The minimum absolute atomic E-state index is 0.0979. The van der Waals surface area contributed by atoms with E-state index in [2.05, 4.69) is 10.3 Å². The average molecular weight is 436 g/mol. The molecule has 2 heterocycles. The number of amides is 1. The van der Waals surface area contributed by atoms with Crippen molar-refractivity contribution in [2.75, 3.05) is 27.4 Å². The van der Waals surface area contributed by atoms with E-state index in [0.717, 1.165) is 0 Å². The van der Waals surface area contributed by atoms with Gasteiger partial charge in [0, 0.05) is 18.8 Å². The number of piperidine rings is 1. The predicted octanol–water partition coefficient (Wildman–Crippen LogP) is 1.89. The summed E-state index contributed by atoms with van der Waals surface area (Å²) in [5.74, 6) is 0.440. The zero-order valence-electron chi connectivity index (χ0n) is 16.9. The van der Waals surface area contributed by atoms with Crippen LogP contribution >= 0.6 is 0 Å². The lowest BCUT2D eigenvalue weighted by molar-refractivity contribution is -0.291. The molecule has 3 atom stereocenters. The van der Waals surface area contributed by atoms with Crippen molar-refractivity contribution in [1.82, 2.24) is 15.4 Å². The van der Waals surface area contributed by atoms with Gasteiger partial charge in [0.1, 0.15) is 18.1 Å². The van der Waals surface area contributed by atoms with Gasteiger partial charge in [0.15, 0.2) is 0 Å². The summed E-state index contributed by atoms with van der Waals surface area (Å²) >= 11 is -1.69. The Kier molecular flexibility index (Phi) is 8.29. The van der Waals surface area contributed by atoms with E-state index < -0.39 is 11.1 Å². The highest BCUT2D eigenvalue weighted by molar-refractivity contribution is 7.80. The quantitative estimate of drug-likeness (QED) is 0.471. The number of methoxy groups -OCH3 is 1. The molecule has 1 aliphatic heterocycles. The van der Waals surface area contributed by atoms with Crippen LogP contribution in [0.5, 0.6) is 5.75 Å². The Morgan fingerprint density at radius 3 is 2.70 bits per heavy atom. The van der Waals surface area contributed by atoms with E-state index in [1.807, 2.05) is 0 Å². The lowest BCUT2D eigenvalue weighted by Crippen LogP contribution is -2.51. The monoisotopic (exact) mass is 435 g/mol. The van der Waals surface area contributed by atoms with Gasteiger partial charge in [0.25, 0.3) is 5.91 Å². The lowest BCUT2D eigenvalue weighted by Gasteiger charge is -2.37. The fourth-order valence-electron chi connectivity index (χ4n) is 3.13. The Labute approximate surface area is 177 Å². The van der Waals surface area contributed by atoms with Crippen molar-refractivity contribution in [3.8, 4) is 5.75 Å². The van der Waals surface area contributed by atoms with Crippen LogP contribution in [0.4, 0.5) is 0 Å². The van der Waals surface area contributed by atoms with Gasteiger partial charge in [-0.15, -0.1) is 0 Å². The van der Waals surface area contributed by atoms with Crippen LogP contribution in [-0.4, -0.2) is 59.6 Å². The molecule has 10 heteroatoms. The van der Waals surface area contributed by atoms with E-state index >= 15 is 0 Å². The molecule has 0 radical (unpaired) electrons. The molecule has 1 fully saturated rings. The third-order valence-electron chi connectivity index (χ3n) is 4.69. The van der Waals surface area contributed by atoms with Crippen LogP contribution in [0.15, 0.2) is 53.6 Å². The number of rotatable bonds is 9. The number of nitrogens with zero attached hydrogens (tertiary/aromatic N) is 2. The second kappa shape index (κ2) is 11.1. The van der Waals surface area contributed by atoms with E-state index in [0.29, 0.717) is 35.7 Å². The molecule has 0 bridgehead atoms. The first kappa shape index (κ1) is 22.3. The summed E-state index contributed by atoms with van der Waals surface area (Å²) < 4.78 is 23.5. The zero-order valence-corrected chi connectivity index (χ0v) is 17.7. The fraction of sp³-hybridized carbons (Fsp3) is 0.400. The third kappa shape index (κ3) is 6.07. The first-order chi connectivity index (χ1) is 14.6. The molecule has 1 aromatic heterocycles. The van der Waals surface area contributed by atoms with Gasteiger partial charge in [0.2, 0.25) is 11.1 Å². The third-order valence-corrected chi connectivity index (χ3v) is 5.67. The maximum atomic E-state index is 12.6. The van der Waals surface area contributed by atoms with Gasteiger partial charge in [0.05, 0.1) is 25.2 Å². The van der Waals surface area contributed by atoms with Crippen LogP contribution in [0.3, 0.4) is 0 Å². The summed E-state index contributed by atoms with van der Waals surface area (Å²) in [5.41, 5.74) is 0.362. The van der Waals surface area contributed by atoms with Crippen LogP contribution in [0.25, 0.3) is 0 Å². The van der Waals surface area contributed by atoms with Crippen molar-refractivity contribution in [3.63, 3.8) is 0 Å². The van der Waals surface area contributed by atoms with Crippen molar-refractivity contribution >= 4 is 17.0 Å². The minimum Gasteiger partial charge on any atom is -0.497 e. The molecule has 30 heavy (non-hydrogen) atoms. The minimum atomic E-state index is -1.69. The van der Waals surface area contributed by atoms with Crippen LogP contribution in [0, 0.1) is 0 Å². The van der Waals surface area contributed by atoms with Gasteiger partial charge < -0.3 is 10.1 Å². The van der Waals surface area contributed by atoms with Gasteiger partial charge in [-0.05, 0) is 49.2 Å². The topological polar surface area (TPSA) is 99.2 Å². The number of hydrogen-bond acceptors (Lipinski definition) is 8. The SMILES string of the molecule is COOCC1CC(NC(=O)c2ccccn2)CCN1OS(=O)c1ccc(OC)cc1. The zero-order chi connectivity index (χ0) is 21.3. The van der Waals surface area contributed by atoms with Crippen molar-refractivity contribution < 1.29 is 27.8 Å². The number of hydrogen-bond donors (Lipinski definition) is 1. The second-order valence-electron chi connectivity index (χ2n) is 6.64. The highest BCUT2D eigenvalue weighted by atomic mass is 32.2. The summed E-state index contributed by atoms with van der Waals surface area (Å²) in [6.45, 7) is 0.666. The first-order valence-electron chi connectivity index (χ1n) is 9.49. The molecule has 1 saturated heterocycles. The second-order valence-corrected chi connectivity index (χ2v) is 7.73. The first-order valence-corrected chi connectivity index (χ1v) is 10.6. The summed E-state index contributed by atoms with van der Waals surface area (Å²) in [6, 6.07) is 11.7. The van der Waals surface area contributed by atoms with Crippen molar-refractivity contribution in [1.29, 1.82) is 0 Å². The molecule has 1 N–H and O–H groups in total. The Balaban J connectivity index is 1.61. The molecule has 1 amide bonds. The van der Waals surface area contributed by atoms with E-state index in [-0.39, 0.29) is 24.6 Å². The van der Waals surface area contributed by atoms with E-state index in [1.165, 1.54) is 7.11 Å². The molecular formula is C20H25N3O6S. The van der Waals surface area contributed by atoms with Gasteiger partial charge in [-0.3, -0.25) is 9.78 Å². The van der Waals surface area contributed by atoms with Crippen LogP contribution in [-0.2, 0) is 25.1 Å². The van der Waals surface area contributed by atoms with Crippen LogP contribution in [0.2, 0.25) is 0 Å². The predicted molar refractivity (Wildman–Crippen MR) is 109 cm³/mol. The summed E-state index contributed by atoms with van der Waals surface area (Å²) in [7, 11) is 2.99. The summed E-state index contributed by atoms with van der Waals surface area (Å²) in [4.78, 5) is 26.8. The van der Waals surface area contributed by atoms with Gasteiger partial charge >= 0.3 is 0 Å². The summed E-state index contributed by atoms with van der Waals surface area (Å²) in [6.07, 6.45) is 2.75. The molecule has 0 spiro atoms. The number of hydroxylamine groups is 2. The molecule has 0 aliphatic carbocycles. The molecule has 3 unspecified atom stereocenters. The number of nitrogens with one attached hydrogen (secondary N) is 1. The van der Waals surface area contributed by atoms with Gasteiger partial charge in [-0.2, -0.15) is 9.35 Å². The highest BCUT2D eigenvalue weighted by Gasteiger charge is 2.32. The van der Waals surface area contributed by atoms with Gasteiger partial charge in [-0.1, -0.05) is 6.07 Å². The Hall–Kier alpha value is -2.37. The largest absolute Gasteiger partial charge is 0.497 e. The van der Waals surface area contributed by atoms with E-state index in [1.54, 1.807) is 60.8 Å². The van der Waals surface area contributed by atoms with Crippen LogP contribution in [0.1, 0.15) is 23.3 Å². The molecule has 0 saturated carbocycles. The van der Waals surface area contributed by atoms with Crippen LogP contribution < -0.4 is 10.1 Å². The maximum absolute atomic E-state index is 12.6. The van der Waals surface area contributed by atoms with Crippen molar-refractivity contribution in [2.24, 2.45) is 0 Å². The maximum Gasteiger partial charge on any atom is 0.270 e. The van der Waals surface area contributed by atoms with Crippen molar-refractivity contribution in [2.45, 2.75) is 29.8 Å². The number of carbonyl (C=O) groups excluding carboxylic acids is 1. The number of aromatic nitrogens is 1. The molecule has 3 rings (SSSR count). The molecule has 1 aliphatic rings. The molecule has 9 nitrogen and oxygen atoms in total. The van der Waals surface area contributed by atoms with Crippen molar-refractivity contribution in [3.05, 3.63) is 54.4 Å². The number of pyridine rings is 1. The van der Waals surface area contributed by atoms with E-state index in [9.17, 15) is 9.00 Å². The molecular weight excluding hydrogens is 410 g/mol. The number of benzene rings is 1. The number of ether oxygens (including phenoxy) is 1. The Morgan fingerprint density at radius 1 is 1.23 bits per heavy atom. The van der Waals surface area contributed by atoms with Gasteiger partial charge in [-0.25, -0.2) is 14.0 Å². The lowest BCUT2D eigenvalue weighted by atomic mass is 9.99. The Morgan fingerprint density at radius 2 is 2.03 bits per heavy atom.